The Bertz CT molecular complexity index is 483. The van der Waals surface area contributed by atoms with Crippen LogP contribution in [0.2, 0.25) is 0 Å². The molecule has 0 aromatic carbocycles. The molecule has 0 saturated heterocycles. The first-order valence-corrected chi connectivity index (χ1v) is 4.93. The highest BCUT2D eigenvalue weighted by atomic mass is 16.4. The fourth-order valence-corrected chi connectivity index (χ4v) is 1.49. The van der Waals surface area contributed by atoms with Gasteiger partial charge in [-0.2, -0.15) is 0 Å². The van der Waals surface area contributed by atoms with E-state index in [9.17, 15) is 4.79 Å². The largest absolute Gasteiger partial charge is 0.421 e. The van der Waals surface area contributed by atoms with Gasteiger partial charge in [-0.1, -0.05) is 25.2 Å². The predicted molar refractivity (Wildman–Crippen MR) is 61.8 cm³/mol. The molecule has 2 rings (SSSR count). The van der Waals surface area contributed by atoms with Gasteiger partial charge in [0.15, 0.2) is 0 Å². The van der Waals surface area contributed by atoms with Crippen LogP contribution in [0, 0.1) is 5.92 Å². The Labute approximate surface area is 88.1 Å². The van der Waals surface area contributed by atoms with Crippen molar-refractivity contribution in [2.45, 2.75) is 6.92 Å². The summed E-state index contributed by atoms with van der Waals surface area (Å²) in [7, 11) is 1.71. The van der Waals surface area contributed by atoms with Crippen molar-refractivity contribution < 1.29 is 4.42 Å². The SMILES string of the molecule is CNc1cc2c(oc1=O)C=CC(C)C=C2. The third-order valence-corrected chi connectivity index (χ3v) is 2.41. The van der Waals surface area contributed by atoms with Crippen molar-refractivity contribution in [3.63, 3.8) is 0 Å². The molecule has 1 aliphatic carbocycles. The summed E-state index contributed by atoms with van der Waals surface area (Å²) in [6.45, 7) is 2.08. The molecule has 1 unspecified atom stereocenters. The van der Waals surface area contributed by atoms with Gasteiger partial charge in [-0.3, -0.25) is 0 Å². The molecule has 0 bridgehead atoms. The summed E-state index contributed by atoms with van der Waals surface area (Å²) in [4.78, 5) is 11.4. The molecular formula is C12H13NO2. The van der Waals surface area contributed by atoms with Gasteiger partial charge in [-0.15, -0.1) is 0 Å². The average molecular weight is 203 g/mol. The third-order valence-electron chi connectivity index (χ3n) is 2.41. The van der Waals surface area contributed by atoms with Gasteiger partial charge in [0.2, 0.25) is 0 Å². The molecule has 0 amide bonds. The summed E-state index contributed by atoms with van der Waals surface area (Å²) >= 11 is 0. The molecule has 0 fully saturated rings. The Morgan fingerprint density at radius 3 is 2.80 bits per heavy atom. The second kappa shape index (κ2) is 3.77. The molecule has 78 valence electrons. The summed E-state index contributed by atoms with van der Waals surface area (Å²) in [5.74, 6) is 0.986. The van der Waals surface area contributed by atoms with Gasteiger partial charge in [0.1, 0.15) is 11.4 Å². The normalized spacial score (nSPS) is 18.4. The highest BCUT2D eigenvalue weighted by molar-refractivity contribution is 5.66. The van der Waals surface area contributed by atoms with Crippen LogP contribution in [0.4, 0.5) is 5.69 Å². The Morgan fingerprint density at radius 1 is 1.33 bits per heavy atom. The molecule has 1 aromatic rings. The molecule has 0 spiro atoms. The van der Waals surface area contributed by atoms with E-state index < -0.39 is 0 Å². The van der Waals surface area contributed by atoms with Gasteiger partial charge >= 0.3 is 5.63 Å². The summed E-state index contributed by atoms with van der Waals surface area (Å²) in [5, 5.41) is 2.81. The standard InChI is InChI=1S/C12H13NO2/c1-8-3-5-9-7-10(13-2)12(14)15-11(9)6-4-8/h3-8,13H,1-2H3. The molecule has 1 aliphatic rings. The first-order valence-electron chi connectivity index (χ1n) is 4.93. The Morgan fingerprint density at radius 2 is 2.07 bits per heavy atom. The number of allylic oxidation sites excluding steroid dienone is 2. The molecule has 15 heavy (non-hydrogen) atoms. The number of anilines is 1. The number of hydrogen-bond acceptors (Lipinski definition) is 3. The zero-order valence-corrected chi connectivity index (χ0v) is 8.78. The maximum Gasteiger partial charge on any atom is 0.359 e. The Kier molecular flexibility index (Phi) is 2.46. The molecule has 1 aromatic heterocycles. The van der Waals surface area contributed by atoms with Gasteiger partial charge in [-0.05, 0) is 18.1 Å². The van der Waals surface area contributed by atoms with Crippen LogP contribution in [0.15, 0.2) is 27.4 Å². The van der Waals surface area contributed by atoms with E-state index in [2.05, 4.69) is 18.3 Å². The molecule has 1 N–H and O–H groups in total. The summed E-state index contributed by atoms with van der Waals surface area (Å²) in [6.07, 6.45) is 7.90. The number of rotatable bonds is 1. The maximum atomic E-state index is 11.4. The number of fused-ring (bicyclic) bond motifs is 1. The van der Waals surface area contributed by atoms with Gasteiger partial charge in [0, 0.05) is 12.6 Å². The Balaban J connectivity index is 2.59. The van der Waals surface area contributed by atoms with E-state index in [1.54, 1.807) is 13.1 Å². The van der Waals surface area contributed by atoms with Crippen LogP contribution in [0.1, 0.15) is 18.2 Å². The highest BCUT2D eigenvalue weighted by Crippen LogP contribution is 2.20. The topological polar surface area (TPSA) is 42.2 Å². The zero-order valence-electron chi connectivity index (χ0n) is 8.78. The monoisotopic (exact) mass is 203 g/mol. The van der Waals surface area contributed by atoms with Crippen molar-refractivity contribution in [1.29, 1.82) is 0 Å². The fourth-order valence-electron chi connectivity index (χ4n) is 1.49. The molecule has 0 radical (unpaired) electrons. The van der Waals surface area contributed by atoms with Gasteiger partial charge in [0.05, 0.1) is 0 Å². The van der Waals surface area contributed by atoms with E-state index in [1.165, 1.54) is 0 Å². The highest BCUT2D eigenvalue weighted by Gasteiger charge is 2.08. The summed E-state index contributed by atoms with van der Waals surface area (Å²) < 4.78 is 5.19. The van der Waals surface area contributed by atoms with Crippen molar-refractivity contribution in [3.8, 4) is 0 Å². The fraction of sp³-hybridized carbons (Fsp3) is 0.250. The lowest BCUT2D eigenvalue weighted by Gasteiger charge is -2.02. The second-order valence-electron chi connectivity index (χ2n) is 3.59. The third kappa shape index (κ3) is 1.86. The molecule has 1 atom stereocenters. The van der Waals surface area contributed by atoms with E-state index in [0.717, 1.165) is 5.56 Å². The first-order chi connectivity index (χ1) is 7.20. The van der Waals surface area contributed by atoms with Crippen molar-refractivity contribution >= 4 is 17.8 Å². The van der Waals surface area contributed by atoms with Crippen molar-refractivity contribution in [2.75, 3.05) is 12.4 Å². The summed E-state index contributed by atoms with van der Waals surface area (Å²) in [6, 6.07) is 1.81. The predicted octanol–water partition coefficient (Wildman–Crippen LogP) is 2.36. The van der Waals surface area contributed by atoms with E-state index in [-0.39, 0.29) is 5.63 Å². The molecule has 3 heteroatoms. The van der Waals surface area contributed by atoms with Gasteiger partial charge < -0.3 is 9.73 Å². The van der Waals surface area contributed by atoms with Crippen LogP contribution in [0.25, 0.3) is 12.2 Å². The van der Waals surface area contributed by atoms with Crippen LogP contribution < -0.4 is 10.9 Å². The minimum Gasteiger partial charge on any atom is -0.421 e. The van der Waals surface area contributed by atoms with Crippen LogP contribution in [0.5, 0.6) is 0 Å². The van der Waals surface area contributed by atoms with Crippen LogP contribution in [0.3, 0.4) is 0 Å². The first kappa shape index (κ1) is 9.77. The van der Waals surface area contributed by atoms with Crippen LogP contribution in [-0.4, -0.2) is 7.05 Å². The van der Waals surface area contributed by atoms with E-state index >= 15 is 0 Å². The van der Waals surface area contributed by atoms with E-state index in [4.69, 9.17) is 4.42 Å². The van der Waals surface area contributed by atoms with Crippen LogP contribution >= 0.6 is 0 Å². The van der Waals surface area contributed by atoms with E-state index in [0.29, 0.717) is 17.4 Å². The minimum absolute atomic E-state index is 0.330. The van der Waals surface area contributed by atoms with Crippen molar-refractivity contribution in [2.24, 2.45) is 5.92 Å². The second-order valence-corrected chi connectivity index (χ2v) is 3.59. The van der Waals surface area contributed by atoms with Crippen LogP contribution in [-0.2, 0) is 0 Å². The average Bonchev–Trinajstić information content (AvgIpc) is 2.40. The summed E-state index contributed by atoms with van der Waals surface area (Å²) in [5.41, 5.74) is 1.09. The van der Waals surface area contributed by atoms with Gasteiger partial charge in [-0.25, -0.2) is 4.79 Å². The Hall–Kier alpha value is -1.77. The smallest absolute Gasteiger partial charge is 0.359 e. The van der Waals surface area contributed by atoms with E-state index in [1.807, 2.05) is 18.2 Å². The molecule has 1 heterocycles. The molecule has 0 saturated carbocycles. The number of hydrogen-bond donors (Lipinski definition) is 1. The molecule has 0 aliphatic heterocycles. The molecule has 3 nitrogen and oxygen atoms in total. The molecular weight excluding hydrogens is 190 g/mol. The maximum absolute atomic E-state index is 11.4. The zero-order chi connectivity index (χ0) is 10.8. The lowest BCUT2D eigenvalue weighted by atomic mass is 10.1. The van der Waals surface area contributed by atoms with Crippen molar-refractivity contribution in [3.05, 3.63) is 40.0 Å². The van der Waals surface area contributed by atoms with Crippen molar-refractivity contribution in [1.82, 2.24) is 0 Å². The lowest BCUT2D eigenvalue weighted by Crippen LogP contribution is -2.07. The van der Waals surface area contributed by atoms with Gasteiger partial charge in [0.25, 0.3) is 0 Å². The number of nitrogens with one attached hydrogen (secondary N) is 1. The minimum atomic E-state index is -0.330. The lowest BCUT2D eigenvalue weighted by molar-refractivity contribution is 0.502. The quantitative estimate of drug-likeness (QED) is 0.761.